The van der Waals surface area contributed by atoms with Crippen molar-refractivity contribution in [1.29, 1.82) is 0 Å². The van der Waals surface area contributed by atoms with Crippen LogP contribution in [0, 0.1) is 0 Å². The molecule has 3 heteroatoms. The fourth-order valence-electron chi connectivity index (χ4n) is 10.8. The average molecular weight is 859 g/mol. The van der Waals surface area contributed by atoms with E-state index in [2.05, 4.69) is 265 Å². The Balaban J connectivity index is 0.959. The number of hydrogen-bond acceptors (Lipinski definition) is 3. The molecule has 0 aliphatic heterocycles. The molecule has 11 aromatic rings. The molecule has 0 radical (unpaired) electrons. The van der Waals surface area contributed by atoms with Crippen LogP contribution in [0.15, 0.2) is 255 Å². The smallest absolute Gasteiger partial charge is 0.0819 e. The molecule has 66 heavy (non-hydrogen) atoms. The Bertz CT molecular complexity index is 3490. The highest BCUT2D eigenvalue weighted by Gasteiger charge is 2.53. The molecule has 0 saturated carbocycles. The molecule has 0 saturated heterocycles. The standard InChI is InChI=1S/C63H42N2S/c1-5-17-47(18-6-1)64(48-19-7-2-8-20-48)51-35-29-43(30-36-51)45-33-39-54-53-25-13-15-27-57(53)63(58(54)41-45)59-42-46(34-40-55(59)61-56-26-14-16-28-60(56)66-62(61)63)44-31-37-52(38-32-44)65(49-21-9-3-10-22-49)50-23-11-4-12-24-50/h1-42H. The third-order valence-corrected chi connectivity index (χ3v) is 14.9. The summed E-state index contributed by atoms with van der Waals surface area (Å²) in [5.41, 5.74) is 20.4. The minimum absolute atomic E-state index is 0.485. The Morgan fingerprint density at radius 1 is 0.288 bits per heavy atom. The van der Waals surface area contributed by atoms with Crippen molar-refractivity contribution >= 4 is 55.5 Å². The molecule has 0 amide bonds. The topological polar surface area (TPSA) is 6.48 Å². The van der Waals surface area contributed by atoms with E-state index in [1.165, 1.54) is 76.2 Å². The summed E-state index contributed by atoms with van der Waals surface area (Å²) in [5, 5.41) is 1.33. The van der Waals surface area contributed by atoms with E-state index in [1.54, 1.807) is 0 Å². The Kier molecular flexibility index (Phi) is 8.97. The summed E-state index contributed by atoms with van der Waals surface area (Å²) in [6.07, 6.45) is 0. The van der Waals surface area contributed by atoms with Gasteiger partial charge in [-0.1, -0.05) is 164 Å². The van der Waals surface area contributed by atoms with Crippen LogP contribution in [0.5, 0.6) is 0 Å². The first kappa shape index (κ1) is 38.2. The second-order valence-corrected chi connectivity index (χ2v) is 18.3. The number of para-hydroxylation sites is 4. The zero-order valence-electron chi connectivity index (χ0n) is 36.1. The Hall–Kier alpha value is -8.24. The van der Waals surface area contributed by atoms with Gasteiger partial charge in [-0.15, -0.1) is 11.3 Å². The number of hydrogen-bond donors (Lipinski definition) is 0. The van der Waals surface area contributed by atoms with Gasteiger partial charge in [-0.3, -0.25) is 0 Å². The summed E-state index contributed by atoms with van der Waals surface area (Å²) in [6, 6.07) is 93.3. The molecule has 1 heterocycles. The third-order valence-electron chi connectivity index (χ3n) is 13.6. The van der Waals surface area contributed by atoms with Crippen molar-refractivity contribution in [2.24, 2.45) is 0 Å². The van der Waals surface area contributed by atoms with Crippen molar-refractivity contribution < 1.29 is 0 Å². The molecule has 1 spiro atoms. The van der Waals surface area contributed by atoms with Gasteiger partial charge in [0.1, 0.15) is 0 Å². The lowest BCUT2D eigenvalue weighted by Crippen LogP contribution is -2.25. The normalized spacial score (nSPS) is 14.1. The zero-order valence-corrected chi connectivity index (χ0v) is 36.9. The SMILES string of the molecule is c1ccc(N(c2ccccc2)c2ccc(-c3ccc4c(c3)C3(c5ccccc5-4)c4cc(-c5ccc(N(c6ccccc6)c6ccccc6)cc5)ccc4-c4c3sc3ccccc43)cc2)cc1. The monoisotopic (exact) mass is 858 g/mol. The van der Waals surface area contributed by atoms with Crippen LogP contribution in [-0.4, -0.2) is 0 Å². The maximum Gasteiger partial charge on any atom is 0.0819 e. The molecule has 1 unspecified atom stereocenters. The number of anilines is 6. The van der Waals surface area contributed by atoms with Crippen molar-refractivity contribution in [1.82, 2.24) is 0 Å². The minimum atomic E-state index is -0.485. The van der Waals surface area contributed by atoms with Gasteiger partial charge in [-0.2, -0.15) is 0 Å². The summed E-state index contributed by atoms with van der Waals surface area (Å²) in [5.74, 6) is 0. The van der Waals surface area contributed by atoms with Crippen LogP contribution in [0.3, 0.4) is 0 Å². The first-order chi connectivity index (χ1) is 32.7. The molecule has 2 aliphatic rings. The number of rotatable bonds is 8. The molecule has 0 fully saturated rings. The molecule has 1 atom stereocenters. The maximum absolute atomic E-state index is 2.51. The average Bonchev–Trinajstić information content (AvgIpc) is 4.02. The predicted molar refractivity (Wildman–Crippen MR) is 278 cm³/mol. The molecule has 2 aliphatic carbocycles. The van der Waals surface area contributed by atoms with E-state index in [0.29, 0.717) is 0 Å². The first-order valence-corrected chi connectivity index (χ1v) is 23.5. The summed E-state index contributed by atoms with van der Waals surface area (Å²) in [7, 11) is 0. The van der Waals surface area contributed by atoms with E-state index >= 15 is 0 Å². The van der Waals surface area contributed by atoms with E-state index in [-0.39, 0.29) is 0 Å². The van der Waals surface area contributed by atoms with Crippen molar-refractivity contribution in [2.45, 2.75) is 5.41 Å². The molecule has 0 N–H and O–H groups in total. The second kappa shape index (κ2) is 15.5. The lowest BCUT2D eigenvalue weighted by atomic mass is 9.73. The highest BCUT2D eigenvalue weighted by atomic mass is 32.1. The van der Waals surface area contributed by atoms with E-state index in [4.69, 9.17) is 0 Å². The third kappa shape index (κ3) is 5.94. The van der Waals surface area contributed by atoms with Gasteiger partial charge in [0.25, 0.3) is 0 Å². The minimum Gasteiger partial charge on any atom is -0.311 e. The van der Waals surface area contributed by atoms with Gasteiger partial charge < -0.3 is 9.80 Å². The maximum atomic E-state index is 2.51. The summed E-state index contributed by atoms with van der Waals surface area (Å²) >= 11 is 1.96. The zero-order chi connectivity index (χ0) is 43.6. The molecule has 0 bridgehead atoms. The van der Waals surface area contributed by atoms with E-state index in [9.17, 15) is 0 Å². The second-order valence-electron chi connectivity index (χ2n) is 17.2. The van der Waals surface area contributed by atoms with Crippen molar-refractivity contribution in [2.75, 3.05) is 9.80 Å². The van der Waals surface area contributed by atoms with E-state index in [0.717, 1.165) is 34.1 Å². The lowest BCUT2D eigenvalue weighted by Gasteiger charge is -2.30. The lowest BCUT2D eigenvalue weighted by molar-refractivity contribution is 0.812. The number of fused-ring (bicyclic) bond motifs is 12. The molecule has 310 valence electrons. The van der Waals surface area contributed by atoms with Crippen LogP contribution in [0.1, 0.15) is 21.6 Å². The van der Waals surface area contributed by atoms with Gasteiger partial charge >= 0.3 is 0 Å². The largest absolute Gasteiger partial charge is 0.311 e. The summed E-state index contributed by atoms with van der Waals surface area (Å²) < 4.78 is 1.33. The Labute approximate surface area is 389 Å². The molecular formula is C63H42N2S. The highest BCUT2D eigenvalue weighted by Crippen LogP contribution is 2.66. The van der Waals surface area contributed by atoms with Gasteiger partial charge in [0.05, 0.1) is 5.41 Å². The van der Waals surface area contributed by atoms with Crippen molar-refractivity contribution in [3.63, 3.8) is 0 Å². The molecule has 2 nitrogen and oxygen atoms in total. The Morgan fingerprint density at radius 2 is 0.667 bits per heavy atom. The quantitative estimate of drug-likeness (QED) is 0.150. The first-order valence-electron chi connectivity index (χ1n) is 22.7. The van der Waals surface area contributed by atoms with Crippen LogP contribution in [0.25, 0.3) is 54.6 Å². The van der Waals surface area contributed by atoms with Crippen LogP contribution >= 0.6 is 11.3 Å². The van der Waals surface area contributed by atoms with Gasteiger partial charge in [0.15, 0.2) is 0 Å². The van der Waals surface area contributed by atoms with Crippen LogP contribution in [0.2, 0.25) is 0 Å². The molecule has 13 rings (SSSR count). The van der Waals surface area contributed by atoms with Crippen molar-refractivity contribution in [3.8, 4) is 44.5 Å². The van der Waals surface area contributed by atoms with E-state index in [1.807, 2.05) is 11.3 Å². The van der Waals surface area contributed by atoms with Crippen molar-refractivity contribution in [3.05, 3.63) is 276 Å². The number of benzene rings is 10. The fourth-order valence-corrected chi connectivity index (χ4v) is 12.2. The molecule has 10 aromatic carbocycles. The molecule has 1 aromatic heterocycles. The highest BCUT2D eigenvalue weighted by molar-refractivity contribution is 7.20. The summed E-state index contributed by atoms with van der Waals surface area (Å²) in [6.45, 7) is 0. The van der Waals surface area contributed by atoms with Gasteiger partial charge in [-0.05, 0) is 147 Å². The fraction of sp³-hybridized carbons (Fsp3) is 0.0159. The van der Waals surface area contributed by atoms with Crippen LogP contribution in [0.4, 0.5) is 34.1 Å². The van der Waals surface area contributed by atoms with E-state index < -0.39 is 5.41 Å². The van der Waals surface area contributed by atoms with Gasteiger partial charge in [0.2, 0.25) is 0 Å². The van der Waals surface area contributed by atoms with Crippen LogP contribution in [-0.2, 0) is 5.41 Å². The van der Waals surface area contributed by atoms with Gasteiger partial charge in [-0.25, -0.2) is 0 Å². The molecular weight excluding hydrogens is 817 g/mol. The predicted octanol–water partition coefficient (Wildman–Crippen LogP) is 17.5. The van der Waals surface area contributed by atoms with Gasteiger partial charge in [0, 0.05) is 54.7 Å². The van der Waals surface area contributed by atoms with Crippen LogP contribution < -0.4 is 9.80 Å². The number of nitrogens with zero attached hydrogens (tertiary/aromatic N) is 2. The number of thiophene rings is 1. The summed E-state index contributed by atoms with van der Waals surface area (Å²) in [4.78, 5) is 6.06. The Morgan fingerprint density at radius 3 is 1.18 bits per heavy atom.